The normalized spacial score (nSPS) is 25.3. The van der Waals surface area contributed by atoms with Crippen LogP contribution < -0.4 is 10.6 Å². The van der Waals surface area contributed by atoms with Crippen molar-refractivity contribution in [1.29, 1.82) is 0 Å². The lowest BCUT2D eigenvalue weighted by Crippen LogP contribution is -2.49. The Balaban J connectivity index is 0.000000165. The van der Waals surface area contributed by atoms with Gasteiger partial charge in [0.15, 0.2) is 0 Å². The highest BCUT2D eigenvalue weighted by molar-refractivity contribution is 6.30. The van der Waals surface area contributed by atoms with Crippen LogP contribution in [0.4, 0.5) is 4.79 Å². The van der Waals surface area contributed by atoms with Gasteiger partial charge in [-0.2, -0.15) is 0 Å². The third-order valence-corrected chi connectivity index (χ3v) is 7.58. The summed E-state index contributed by atoms with van der Waals surface area (Å²) in [6.45, 7) is 0. The summed E-state index contributed by atoms with van der Waals surface area (Å²) in [7, 11) is 0. The zero-order valence-corrected chi connectivity index (χ0v) is 19.9. The van der Waals surface area contributed by atoms with E-state index in [9.17, 15) is 14.4 Å². The molecule has 2 N–H and O–H groups in total. The van der Waals surface area contributed by atoms with E-state index >= 15 is 0 Å². The number of urea groups is 1. The second kappa shape index (κ2) is 10.3. The Morgan fingerprint density at radius 1 is 0.697 bits per heavy atom. The molecule has 2 saturated carbocycles. The molecule has 2 aliphatic carbocycles. The maximum atomic E-state index is 11.8. The number of rotatable bonds is 2. The third-order valence-electron chi connectivity index (χ3n) is 7.08. The maximum Gasteiger partial charge on any atom is 0.322 e. The number of Topliss-reactive ketones (excluding diaryl/α,β-unsaturated/α-hetero) is 1. The molecule has 33 heavy (non-hydrogen) atoms. The molecule has 0 bridgehead atoms. The Kier molecular flexibility index (Phi) is 7.40. The first-order valence-corrected chi connectivity index (χ1v) is 12.3. The van der Waals surface area contributed by atoms with Crippen molar-refractivity contribution in [3.63, 3.8) is 0 Å². The van der Waals surface area contributed by atoms with Crippen LogP contribution in [0.1, 0.15) is 74.3 Å². The standard InChI is InChI=1S/C14H15ClN2O2.C12H13ClO/c15-11-3-1-9(2-4-11)10-5-7-14(8-6-10)12(18)16-13(19)17-14;13-11-5-1-9(2-6-11)10-3-7-12(14)8-4-10/h1-4,10H,5-8H2,(H2,16,17,18,19);1-2,5-6,10H,3-4,7-8H2. The van der Waals surface area contributed by atoms with Gasteiger partial charge in [-0.1, -0.05) is 47.5 Å². The molecular formula is C26H28Cl2N2O3. The van der Waals surface area contributed by atoms with Gasteiger partial charge in [0.25, 0.3) is 5.91 Å². The largest absolute Gasteiger partial charge is 0.323 e. The molecule has 174 valence electrons. The Hall–Kier alpha value is -2.37. The van der Waals surface area contributed by atoms with E-state index in [1.807, 2.05) is 36.4 Å². The van der Waals surface area contributed by atoms with Crippen LogP contribution in [0.15, 0.2) is 48.5 Å². The summed E-state index contributed by atoms with van der Waals surface area (Å²) in [4.78, 5) is 34.2. The van der Waals surface area contributed by atoms with E-state index in [4.69, 9.17) is 23.2 Å². The zero-order chi connectivity index (χ0) is 23.4. The summed E-state index contributed by atoms with van der Waals surface area (Å²) in [5.74, 6) is 1.24. The van der Waals surface area contributed by atoms with Crippen LogP contribution in [0.5, 0.6) is 0 Å². The van der Waals surface area contributed by atoms with Crippen molar-refractivity contribution in [2.24, 2.45) is 0 Å². The van der Waals surface area contributed by atoms with Crippen LogP contribution in [0.25, 0.3) is 0 Å². The predicted molar refractivity (Wildman–Crippen MR) is 130 cm³/mol. The summed E-state index contributed by atoms with van der Waals surface area (Å²) in [6, 6.07) is 15.5. The minimum atomic E-state index is -0.667. The molecule has 0 aromatic heterocycles. The Morgan fingerprint density at radius 3 is 1.58 bits per heavy atom. The summed E-state index contributed by atoms with van der Waals surface area (Å²) in [5, 5.41) is 6.63. The minimum Gasteiger partial charge on any atom is -0.323 e. The molecule has 0 radical (unpaired) electrons. The van der Waals surface area contributed by atoms with Crippen molar-refractivity contribution < 1.29 is 14.4 Å². The lowest BCUT2D eigenvalue weighted by molar-refractivity contribution is -0.125. The zero-order valence-electron chi connectivity index (χ0n) is 18.4. The summed E-state index contributed by atoms with van der Waals surface area (Å²) in [5.41, 5.74) is 1.91. The van der Waals surface area contributed by atoms with Crippen LogP contribution in [-0.2, 0) is 9.59 Å². The quantitative estimate of drug-likeness (QED) is 0.500. The van der Waals surface area contributed by atoms with E-state index in [0.29, 0.717) is 30.5 Å². The molecule has 3 fully saturated rings. The number of amides is 3. The molecule has 7 heteroatoms. The van der Waals surface area contributed by atoms with E-state index in [1.54, 1.807) is 0 Å². The van der Waals surface area contributed by atoms with Gasteiger partial charge >= 0.3 is 6.03 Å². The fourth-order valence-corrected chi connectivity index (χ4v) is 5.32. The van der Waals surface area contributed by atoms with Gasteiger partial charge in [-0.05, 0) is 85.8 Å². The molecule has 5 nitrogen and oxygen atoms in total. The number of hydrogen-bond donors (Lipinski definition) is 2. The first-order valence-electron chi connectivity index (χ1n) is 11.5. The number of hydrogen-bond acceptors (Lipinski definition) is 3. The van der Waals surface area contributed by atoms with E-state index in [1.165, 1.54) is 11.1 Å². The molecule has 2 aromatic carbocycles. The molecule has 5 rings (SSSR count). The van der Waals surface area contributed by atoms with E-state index in [0.717, 1.165) is 48.6 Å². The van der Waals surface area contributed by atoms with Crippen molar-refractivity contribution in [3.05, 3.63) is 69.7 Å². The summed E-state index contributed by atoms with van der Waals surface area (Å²) < 4.78 is 0. The smallest absolute Gasteiger partial charge is 0.322 e. The average molecular weight is 487 g/mol. The highest BCUT2D eigenvalue weighted by atomic mass is 35.5. The number of benzene rings is 2. The Morgan fingerprint density at radius 2 is 1.15 bits per heavy atom. The fraction of sp³-hybridized carbons (Fsp3) is 0.423. The van der Waals surface area contributed by atoms with Crippen molar-refractivity contribution in [3.8, 4) is 0 Å². The summed E-state index contributed by atoms with van der Waals surface area (Å²) in [6.07, 6.45) is 6.67. The van der Waals surface area contributed by atoms with E-state index in [2.05, 4.69) is 22.8 Å². The lowest BCUT2D eigenvalue weighted by atomic mass is 9.74. The molecule has 2 aromatic rings. The first-order chi connectivity index (χ1) is 15.8. The predicted octanol–water partition coefficient (Wildman–Crippen LogP) is 6.14. The van der Waals surface area contributed by atoms with Crippen molar-refractivity contribution in [2.75, 3.05) is 0 Å². The fourth-order valence-electron chi connectivity index (χ4n) is 5.07. The molecule has 0 unspecified atom stereocenters. The number of halogens is 2. The van der Waals surface area contributed by atoms with Crippen LogP contribution >= 0.6 is 23.2 Å². The van der Waals surface area contributed by atoms with Crippen LogP contribution in [0, 0.1) is 0 Å². The summed E-state index contributed by atoms with van der Waals surface area (Å²) >= 11 is 11.7. The minimum absolute atomic E-state index is 0.174. The molecule has 1 spiro atoms. The molecule has 1 heterocycles. The maximum absolute atomic E-state index is 11.8. The highest BCUT2D eigenvalue weighted by Gasteiger charge is 2.48. The van der Waals surface area contributed by atoms with Gasteiger partial charge < -0.3 is 5.32 Å². The van der Waals surface area contributed by atoms with Gasteiger partial charge in [-0.25, -0.2) is 4.79 Å². The van der Waals surface area contributed by atoms with Gasteiger partial charge in [-0.15, -0.1) is 0 Å². The Bertz CT molecular complexity index is 1000. The number of carbonyl (C=O) groups is 3. The van der Waals surface area contributed by atoms with Gasteiger partial charge in [0.1, 0.15) is 11.3 Å². The second-order valence-corrected chi connectivity index (χ2v) is 10.1. The molecule has 1 aliphatic heterocycles. The molecule has 0 atom stereocenters. The highest BCUT2D eigenvalue weighted by Crippen LogP contribution is 2.39. The SMILES string of the molecule is O=C1CCC(c2ccc(Cl)cc2)CC1.O=C1NC(=O)C2(CCC(c3ccc(Cl)cc3)CC2)N1. The van der Waals surface area contributed by atoms with Gasteiger partial charge in [0, 0.05) is 22.9 Å². The van der Waals surface area contributed by atoms with Crippen LogP contribution in [-0.4, -0.2) is 23.3 Å². The number of imide groups is 1. The van der Waals surface area contributed by atoms with Crippen molar-refractivity contribution in [2.45, 2.75) is 68.7 Å². The monoisotopic (exact) mass is 486 g/mol. The number of carbonyl (C=O) groups excluding carboxylic acids is 3. The van der Waals surface area contributed by atoms with E-state index in [-0.39, 0.29) is 11.9 Å². The van der Waals surface area contributed by atoms with Gasteiger partial charge in [0.05, 0.1) is 0 Å². The van der Waals surface area contributed by atoms with Crippen LogP contribution in [0.3, 0.4) is 0 Å². The topological polar surface area (TPSA) is 75.3 Å². The average Bonchev–Trinajstić information content (AvgIpc) is 3.09. The van der Waals surface area contributed by atoms with Crippen LogP contribution in [0.2, 0.25) is 10.0 Å². The van der Waals surface area contributed by atoms with Gasteiger partial charge in [0.2, 0.25) is 0 Å². The second-order valence-electron chi connectivity index (χ2n) is 9.18. The van der Waals surface area contributed by atoms with Crippen molar-refractivity contribution >= 4 is 40.9 Å². The third kappa shape index (κ3) is 5.77. The number of nitrogens with one attached hydrogen (secondary N) is 2. The lowest BCUT2D eigenvalue weighted by Gasteiger charge is -2.34. The molecule has 1 saturated heterocycles. The molecule has 3 aliphatic rings. The molecular weight excluding hydrogens is 459 g/mol. The first kappa shape index (κ1) is 23.8. The molecule has 3 amide bonds. The number of ketones is 1. The van der Waals surface area contributed by atoms with Crippen molar-refractivity contribution in [1.82, 2.24) is 10.6 Å². The van der Waals surface area contributed by atoms with Gasteiger partial charge in [-0.3, -0.25) is 14.9 Å². The Labute approximate surface area is 204 Å². The van der Waals surface area contributed by atoms with E-state index < -0.39 is 5.54 Å².